The van der Waals surface area contributed by atoms with E-state index in [1.54, 1.807) is 22.5 Å². The maximum Gasteiger partial charge on any atom is 0.243 e. The van der Waals surface area contributed by atoms with Gasteiger partial charge in [-0.2, -0.15) is 4.31 Å². The van der Waals surface area contributed by atoms with E-state index in [4.69, 9.17) is 11.6 Å². The van der Waals surface area contributed by atoms with Crippen LogP contribution >= 0.6 is 27.5 Å². The standard InChI is InChI=1S/C13H16BrClN2O2S/c14-12-8-11(3-4-13(12)15)20(18,19)17-7-6-16-5-1-2-10(16)9-17/h3-4,8,10H,1-2,5-7,9H2. The van der Waals surface area contributed by atoms with Gasteiger partial charge in [0.25, 0.3) is 0 Å². The summed E-state index contributed by atoms with van der Waals surface area (Å²) in [6, 6.07) is 5.15. The molecule has 0 aromatic heterocycles. The highest BCUT2D eigenvalue weighted by Gasteiger charge is 2.36. The minimum atomic E-state index is -3.42. The zero-order valence-electron chi connectivity index (χ0n) is 10.9. The number of fused-ring (bicyclic) bond motifs is 1. The molecule has 20 heavy (non-hydrogen) atoms. The lowest BCUT2D eigenvalue weighted by molar-refractivity contribution is 0.158. The Morgan fingerprint density at radius 1 is 1.25 bits per heavy atom. The molecule has 0 aliphatic carbocycles. The molecular weight excluding hydrogens is 364 g/mol. The third-order valence-electron chi connectivity index (χ3n) is 4.08. The van der Waals surface area contributed by atoms with Crippen LogP contribution in [0.3, 0.4) is 0 Å². The average molecular weight is 380 g/mol. The van der Waals surface area contributed by atoms with E-state index in [1.165, 1.54) is 6.42 Å². The third kappa shape index (κ3) is 2.64. The minimum Gasteiger partial charge on any atom is -0.298 e. The molecule has 3 rings (SSSR count). The highest BCUT2D eigenvalue weighted by Crippen LogP contribution is 2.29. The van der Waals surface area contributed by atoms with Crippen molar-refractivity contribution in [3.8, 4) is 0 Å². The average Bonchev–Trinajstić information content (AvgIpc) is 2.89. The topological polar surface area (TPSA) is 40.6 Å². The van der Waals surface area contributed by atoms with E-state index in [2.05, 4.69) is 20.8 Å². The molecule has 0 N–H and O–H groups in total. The number of hydrogen-bond acceptors (Lipinski definition) is 3. The van der Waals surface area contributed by atoms with Crippen molar-refractivity contribution in [2.75, 3.05) is 26.2 Å². The highest BCUT2D eigenvalue weighted by molar-refractivity contribution is 9.10. The first-order chi connectivity index (χ1) is 9.48. The molecule has 1 unspecified atom stereocenters. The van der Waals surface area contributed by atoms with Crippen LogP contribution < -0.4 is 0 Å². The molecule has 4 nitrogen and oxygen atoms in total. The van der Waals surface area contributed by atoms with Gasteiger partial charge in [0.15, 0.2) is 0 Å². The van der Waals surface area contributed by atoms with Crippen LogP contribution in [0.15, 0.2) is 27.6 Å². The van der Waals surface area contributed by atoms with E-state index in [0.29, 0.717) is 33.5 Å². The van der Waals surface area contributed by atoms with Crippen LogP contribution in [0.2, 0.25) is 5.02 Å². The van der Waals surface area contributed by atoms with Gasteiger partial charge in [-0.3, -0.25) is 4.90 Å². The second-order valence-electron chi connectivity index (χ2n) is 5.27. The summed E-state index contributed by atoms with van der Waals surface area (Å²) in [5.41, 5.74) is 0. The molecule has 0 amide bonds. The normalized spacial score (nSPS) is 24.8. The molecule has 7 heteroatoms. The Bertz CT molecular complexity index is 623. The number of benzene rings is 1. The summed E-state index contributed by atoms with van der Waals surface area (Å²) < 4.78 is 27.6. The fourth-order valence-corrected chi connectivity index (χ4v) is 5.11. The van der Waals surface area contributed by atoms with Crippen LogP contribution in [0.25, 0.3) is 0 Å². The van der Waals surface area contributed by atoms with Gasteiger partial charge in [-0.05, 0) is 53.5 Å². The quantitative estimate of drug-likeness (QED) is 0.793. The van der Waals surface area contributed by atoms with Gasteiger partial charge >= 0.3 is 0 Å². The Labute approximate surface area is 132 Å². The lowest BCUT2D eigenvalue weighted by Gasteiger charge is -2.36. The molecule has 0 bridgehead atoms. The van der Waals surface area contributed by atoms with Gasteiger partial charge in [-0.1, -0.05) is 11.6 Å². The van der Waals surface area contributed by atoms with Gasteiger partial charge in [0.2, 0.25) is 10.0 Å². The van der Waals surface area contributed by atoms with Crippen LogP contribution in [-0.4, -0.2) is 49.8 Å². The SMILES string of the molecule is O=S(=O)(c1ccc(Cl)c(Br)c1)N1CCN2CCCC2C1. The Balaban J connectivity index is 1.86. The number of hydrogen-bond donors (Lipinski definition) is 0. The first-order valence-electron chi connectivity index (χ1n) is 6.68. The third-order valence-corrected chi connectivity index (χ3v) is 7.15. The molecule has 2 aliphatic heterocycles. The highest BCUT2D eigenvalue weighted by atomic mass is 79.9. The number of rotatable bonds is 2. The van der Waals surface area contributed by atoms with E-state index >= 15 is 0 Å². The van der Waals surface area contributed by atoms with Crippen molar-refractivity contribution < 1.29 is 8.42 Å². The van der Waals surface area contributed by atoms with Gasteiger partial charge < -0.3 is 0 Å². The summed E-state index contributed by atoms with van der Waals surface area (Å²) >= 11 is 9.21. The Morgan fingerprint density at radius 3 is 2.80 bits per heavy atom. The van der Waals surface area contributed by atoms with Crippen LogP contribution in [0, 0.1) is 0 Å². The molecule has 110 valence electrons. The molecular formula is C13H16BrClN2O2S. The summed E-state index contributed by atoms with van der Waals surface area (Å²) in [5, 5.41) is 0.518. The van der Waals surface area contributed by atoms with E-state index < -0.39 is 10.0 Å². The molecule has 0 saturated carbocycles. The summed E-state index contributed by atoms with van der Waals surface area (Å²) in [6.45, 7) is 3.10. The minimum absolute atomic E-state index is 0.306. The van der Waals surface area contributed by atoms with Crippen molar-refractivity contribution >= 4 is 37.6 Å². The summed E-state index contributed by atoms with van der Waals surface area (Å²) in [6.07, 6.45) is 2.27. The fourth-order valence-electron chi connectivity index (χ4n) is 2.97. The number of piperazine rings is 1. The number of halogens is 2. The first kappa shape index (κ1) is 14.8. The van der Waals surface area contributed by atoms with Crippen LogP contribution in [-0.2, 0) is 10.0 Å². The van der Waals surface area contributed by atoms with Crippen LogP contribution in [0.4, 0.5) is 0 Å². The Hall–Kier alpha value is -0.140. The molecule has 0 radical (unpaired) electrons. The maximum absolute atomic E-state index is 12.7. The molecule has 1 atom stereocenters. The van der Waals surface area contributed by atoms with Crippen LogP contribution in [0.1, 0.15) is 12.8 Å². The molecule has 2 saturated heterocycles. The number of nitrogens with zero attached hydrogens (tertiary/aromatic N) is 2. The maximum atomic E-state index is 12.7. The fraction of sp³-hybridized carbons (Fsp3) is 0.538. The van der Waals surface area contributed by atoms with Gasteiger partial charge in [0, 0.05) is 30.1 Å². The van der Waals surface area contributed by atoms with Crippen LogP contribution in [0.5, 0.6) is 0 Å². The van der Waals surface area contributed by atoms with E-state index in [1.807, 2.05) is 0 Å². The monoisotopic (exact) mass is 378 g/mol. The van der Waals surface area contributed by atoms with E-state index in [-0.39, 0.29) is 0 Å². The largest absolute Gasteiger partial charge is 0.298 e. The molecule has 2 heterocycles. The molecule has 1 aromatic rings. The predicted molar refractivity (Wildman–Crippen MR) is 82.5 cm³/mol. The summed E-state index contributed by atoms with van der Waals surface area (Å²) in [5.74, 6) is 0. The number of sulfonamides is 1. The molecule has 2 aliphatic rings. The zero-order valence-corrected chi connectivity index (χ0v) is 14.1. The lowest BCUT2D eigenvalue weighted by atomic mass is 10.2. The van der Waals surface area contributed by atoms with Crippen molar-refractivity contribution in [2.45, 2.75) is 23.8 Å². The van der Waals surface area contributed by atoms with Gasteiger partial charge in [-0.15, -0.1) is 0 Å². The van der Waals surface area contributed by atoms with Crippen molar-refractivity contribution in [1.29, 1.82) is 0 Å². The Kier molecular flexibility index (Phi) is 4.12. The van der Waals surface area contributed by atoms with E-state index in [0.717, 1.165) is 19.5 Å². The summed E-state index contributed by atoms with van der Waals surface area (Å²) in [4.78, 5) is 2.70. The van der Waals surface area contributed by atoms with Gasteiger partial charge in [0.05, 0.1) is 9.92 Å². The molecule has 1 aromatic carbocycles. The molecule has 2 fully saturated rings. The lowest BCUT2D eigenvalue weighted by Crippen LogP contribution is -2.51. The second-order valence-corrected chi connectivity index (χ2v) is 8.47. The van der Waals surface area contributed by atoms with E-state index in [9.17, 15) is 8.42 Å². The first-order valence-corrected chi connectivity index (χ1v) is 9.29. The Morgan fingerprint density at radius 2 is 2.05 bits per heavy atom. The van der Waals surface area contributed by atoms with Crippen molar-refractivity contribution in [2.24, 2.45) is 0 Å². The van der Waals surface area contributed by atoms with Crippen molar-refractivity contribution in [3.63, 3.8) is 0 Å². The second kappa shape index (κ2) is 5.57. The smallest absolute Gasteiger partial charge is 0.243 e. The zero-order chi connectivity index (χ0) is 14.3. The molecule has 0 spiro atoms. The van der Waals surface area contributed by atoms with Gasteiger partial charge in [0.1, 0.15) is 0 Å². The summed E-state index contributed by atoms with van der Waals surface area (Å²) in [7, 11) is -3.42. The van der Waals surface area contributed by atoms with Crippen molar-refractivity contribution in [1.82, 2.24) is 9.21 Å². The predicted octanol–water partition coefficient (Wildman–Crippen LogP) is 2.57. The van der Waals surface area contributed by atoms with Crippen molar-refractivity contribution in [3.05, 3.63) is 27.7 Å². The van der Waals surface area contributed by atoms with Gasteiger partial charge in [-0.25, -0.2) is 8.42 Å².